The zero-order valence-electron chi connectivity index (χ0n) is 12.0. The van der Waals surface area contributed by atoms with E-state index in [4.69, 9.17) is 16.6 Å². The van der Waals surface area contributed by atoms with Crippen molar-refractivity contribution in [2.75, 3.05) is 16.8 Å². The van der Waals surface area contributed by atoms with E-state index in [2.05, 4.69) is 10.6 Å². The van der Waals surface area contributed by atoms with E-state index >= 15 is 0 Å². The van der Waals surface area contributed by atoms with Crippen molar-refractivity contribution in [2.45, 2.75) is 19.4 Å². The lowest BCUT2D eigenvalue weighted by atomic mass is 10.2. The minimum absolute atomic E-state index is 0.191. The molecule has 0 aliphatic carbocycles. The Balaban J connectivity index is 1.54. The third kappa shape index (κ3) is 3.46. The van der Waals surface area contributed by atoms with Gasteiger partial charge in [-0.2, -0.15) is 0 Å². The van der Waals surface area contributed by atoms with E-state index in [0.717, 1.165) is 30.1 Å². The first-order valence-corrected chi connectivity index (χ1v) is 7.61. The zero-order chi connectivity index (χ0) is 15.4. The van der Waals surface area contributed by atoms with E-state index in [-0.39, 0.29) is 5.91 Å². The summed E-state index contributed by atoms with van der Waals surface area (Å²) in [7, 11) is 0. The number of hydrogen-bond donors (Lipinski definition) is 2. The SMILES string of the molecule is O=C1CCCN1c1ccc(NC(=S)NCc2ccco2)cc1. The highest BCUT2D eigenvalue weighted by Gasteiger charge is 2.21. The lowest BCUT2D eigenvalue weighted by Gasteiger charge is -2.16. The van der Waals surface area contributed by atoms with Gasteiger partial charge in [-0.1, -0.05) is 0 Å². The summed E-state index contributed by atoms with van der Waals surface area (Å²) in [4.78, 5) is 13.5. The maximum Gasteiger partial charge on any atom is 0.227 e. The molecule has 0 radical (unpaired) electrons. The molecule has 114 valence electrons. The molecule has 1 fully saturated rings. The Morgan fingerprint density at radius 2 is 2.09 bits per heavy atom. The van der Waals surface area contributed by atoms with Crippen molar-refractivity contribution in [1.82, 2.24) is 5.32 Å². The quantitative estimate of drug-likeness (QED) is 0.850. The van der Waals surface area contributed by atoms with Gasteiger partial charge in [-0.05, 0) is 55.0 Å². The molecule has 0 spiro atoms. The summed E-state index contributed by atoms with van der Waals surface area (Å²) < 4.78 is 5.23. The van der Waals surface area contributed by atoms with E-state index in [0.29, 0.717) is 18.1 Å². The maximum atomic E-state index is 11.7. The molecule has 2 aromatic rings. The number of hydrogen-bond acceptors (Lipinski definition) is 3. The molecule has 0 atom stereocenters. The molecule has 1 aliphatic heterocycles. The van der Waals surface area contributed by atoms with Gasteiger partial charge >= 0.3 is 0 Å². The van der Waals surface area contributed by atoms with Gasteiger partial charge in [0, 0.05) is 24.3 Å². The van der Waals surface area contributed by atoms with Gasteiger partial charge in [0.25, 0.3) is 0 Å². The molecular formula is C16H17N3O2S. The number of amides is 1. The second-order valence-corrected chi connectivity index (χ2v) is 5.49. The van der Waals surface area contributed by atoms with Gasteiger partial charge in [0.1, 0.15) is 5.76 Å². The molecular weight excluding hydrogens is 298 g/mol. The molecule has 0 unspecified atom stereocenters. The monoisotopic (exact) mass is 315 g/mol. The first-order valence-electron chi connectivity index (χ1n) is 7.20. The van der Waals surface area contributed by atoms with Crippen LogP contribution in [0.3, 0.4) is 0 Å². The van der Waals surface area contributed by atoms with Crippen molar-refractivity contribution >= 4 is 34.6 Å². The fraction of sp³-hybridized carbons (Fsp3) is 0.250. The Morgan fingerprint density at radius 1 is 1.27 bits per heavy atom. The van der Waals surface area contributed by atoms with Crippen LogP contribution in [0, 0.1) is 0 Å². The zero-order valence-corrected chi connectivity index (χ0v) is 12.9. The Hall–Kier alpha value is -2.34. The minimum Gasteiger partial charge on any atom is -0.467 e. The summed E-state index contributed by atoms with van der Waals surface area (Å²) >= 11 is 5.24. The van der Waals surface area contributed by atoms with Crippen LogP contribution in [0.1, 0.15) is 18.6 Å². The molecule has 1 saturated heterocycles. The van der Waals surface area contributed by atoms with Crippen LogP contribution in [0.4, 0.5) is 11.4 Å². The number of nitrogens with one attached hydrogen (secondary N) is 2. The third-order valence-corrected chi connectivity index (χ3v) is 3.76. The molecule has 1 aromatic heterocycles. The standard InChI is InChI=1S/C16H17N3O2S/c20-15-4-1-9-19(15)13-7-5-12(6-8-13)18-16(22)17-11-14-3-2-10-21-14/h2-3,5-8,10H,1,4,9,11H2,(H2,17,18,22). The van der Waals surface area contributed by atoms with Crippen molar-refractivity contribution in [3.8, 4) is 0 Å². The summed E-state index contributed by atoms with van der Waals surface area (Å²) in [5.41, 5.74) is 1.81. The van der Waals surface area contributed by atoms with Crippen LogP contribution in [-0.2, 0) is 11.3 Å². The number of benzene rings is 1. The Bertz CT molecular complexity index is 653. The predicted octanol–water partition coefficient (Wildman–Crippen LogP) is 2.89. The molecule has 1 aliphatic rings. The molecule has 0 bridgehead atoms. The van der Waals surface area contributed by atoms with Crippen LogP contribution in [0.25, 0.3) is 0 Å². The molecule has 2 heterocycles. The number of carbonyl (C=O) groups is 1. The van der Waals surface area contributed by atoms with Crippen LogP contribution in [0.5, 0.6) is 0 Å². The van der Waals surface area contributed by atoms with Crippen molar-refractivity contribution in [3.05, 3.63) is 48.4 Å². The number of thiocarbonyl (C=S) groups is 1. The number of anilines is 2. The molecule has 22 heavy (non-hydrogen) atoms. The highest BCUT2D eigenvalue weighted by molar-refractivity contribution is 7.80. The third-order valence-electron chi connectivity index (χ3n) is 3.51. The topological polar surface area (TPSA) is 57.5 Å². The van der Waals surface area contributed by atoms with E-state index < -0.39 is 0 Å². The minimum atomic E-state index is 0.191. The van der Waals surface area contributed by atoms with Crippen molar-refractivity contribution in [1.29, 1.82) is 0 Å². The van der Waals surface area contributed by atoms with Gasteiger partial charge in [0.15, 0.2) is 5.11 Å². The van der Waals surface area contributed by atoms with E-state index in [1.807, 2.05) is 41.3 Å². The Kier molecular flexibility index (Phi) is 4.39. The smallest absolute Gasteiger partial charge is 0.227 e. The summed E-state index contributed by atoms with van der Waals surface area (Å²) in [5.74, 6) is 1.02. The van der Waals surface area contributed by atoms with Crippen molar-refractivity contribution in [2.24, 2.45) is 0 Å². The fourth-order valence-corrected chi connectivity index (χ4v) is 2.59. The predicted molar refractivity (Wildman–Crippen MR) is 89.8 cm³/mol. The lowest BCUT2D eigenvalue weighted by Crippen LogP contribution is -2.27. The van der Waals surface area contributed by atoms with Crippen LogP contribution in [0.15, 0.2) is 47.1 Å². The van der Waals surface area contributed by atoms with Crippen LogP contribution in [-0.4, -0.2) is 17.6 Å². The second-order valence-electron chi connectivity index (χ2n) is 5.08. The van der Waals surface area contributed by atoms with E-state index in [1.165, 1.54) is 0 Å². The summed E-state index contributed by atoms with van der Waals surface area (Å²) in [6.45, 7) is 1.34. The first-order chi connectivity index (χ1) is 10.7. The first kappa shape index (κ1) is 14.6. The molecule has 5 nitrogen and oxygen atoms in total. The Morgan fingerprint density at radius 3 is 2.73 bits per heavy atom. The van der Waals surface area contributed by atoms with E-state index in [1.54, 1.807) is 6.26 Å². The average Bonchev–Trinajstić information content (AvgIpc) is 3.17. The van der Waals surface area contributed by atoms with Gasteiger partial charge < -0.3 is 20.0 Å². The van der Waals surface area contributed by atoms with Gasteiger partial charge in [0.05, 0.1) is 12.8 Å². The highest BCUT2D eigenvalue weighted by atomic mass is 32.1. The molecule has 1 amide bonds. The summed E-state index contributed by atoms with van der Waals surface area (Å²) in [5, 5.41) is 6.71. The maximum absolute atomic E-state index is 11.7. The number of rotatable bonds is 4. The van der Waals surface area contributed by atoms with Crippen LogP contribution < -0.4 is 15.5 Å². The van der Waals surface area contributed by atoms with Gasteiger partial charge in [-0.3, -0.25) is 4.79 Å². The molecule has 0 saturated carbocycles. The molecule has 6 heteroatoms. The van der Waals surface area contributed by atoms with Gasteiger partial charge in [-0.25, -0.2) is 0 Å². The normalized spacial score (nSPS) is 14.2. The largest absolute Gasteiger partial charge is 0.467 e. The highest BCUT2D eigenvalue weighted by Crippen LogP contribution is 2.22. The van der Waals surface area contributed by atoms with Crippen molar-refractivity contribution < 1.29 is 9.21 Å². The number of nitrogens with zero attached hydrogens (tertiary/aromatic N) is 1. The van der Waals surface area contributed by atoms with Gasteiger partial charge in [0.2, 0.25) is 5.91 Å². The summed E-state index contributed by atoms with van der Waals surface area (Å²) in [6.07, 6.45) is 3.20. The number of carbonyl (C=O) groups excluding carboxylic acids is 1. The van der Waals surface area contributed by atoms with Crippen LogP contribution >= 0.6 is 12.2 Å². The summed E-state index contributed by atoms with van der Waals surface area (Å²) in [6, 6.07) is 11.4. The fourth-order valence-electron chi connectivity index (χ4n) is 2.40. The van der Waals surface area contributed by atoms with Crippen LogP contribution in [0.2, 0.25) is 0 Å². The molecule has 3 rings (SSSR count). The molecule has 2 N–H and O–H groups in total. The van der Waals surface area contributed by atoms with E-state index in [9.17, 15) is 4.79 Å². The number of furan rings is 1. The lowest BCUT2D eigenvalue weighted by molar-refractivity contribution is -0.117. The van der Waals surface area contributed by atoms with Crippen molar-refractivity contribution in [3.63, 3.8) is 0 Å². The molecule has 1 aromatic carbocycles. The van der Waals surface area contributed by atoms with Gasteiger partial charge in [-0.15, -0.1) is 0 Å². The average molecular weight is 315 g/mol. The second kappa shape index (κ2) is 6.62. The Labute approximate surface area is 134 Å².